The molecule has 0 bridgehead atoms. The first-order valence-corrected chi connectivity index (χ1v) is 7.12. The Bertz CT molecular complexity index is 461. The highest BCUT2D eigenvalue weighted by Crippen LogP contribution is 2.43. The van der Waals surface area contributed by atoms with Gasteiger partial charge in [0.25, 0.3) is 0 Å². The normalized spacial score (nSPS) is 25.3. The SMILES string of the molecule is CCn1nc(C)c2c1N1CCCC(C)(C)C1CN2. The summed E-state index contributed by atoms with van der Waals surface area (Å²) in [6, 6.07) is 0.597. The lowest BCUT2D eigenvalue weighted by molar-refractivity contribution is 0.214. The number of rotatable bonds is 1. The molecule has 0 spiro atoms. The number of piperidine rings is 1. The fourth-order valence-corrected chi connectivity index (χ4v) is 3.58. The molecule has 0 aromatic carbocycles. The summed E-state index contributed by atoms with van der Waals surface area (Å²) in [6.07, 6.45) is 2.61. The van der Waals surface area contributed by atoms with Crippen LogP contribution < -0.4 is 10.2 Å². The molecule has 0 saturated carbocycles. The van der Waals surface area contributed by atoms with Crippen LogP contribution in [0, 0.1) is 12.3 Å². The summed E-state index contributed by atoms with van der Waals surface area (Å²) in [6.45, 7) is 12.2. The standard InChI is InChI=1S/C14H24N4/c1-5-18-13-12(10(2)16-18)15-9-11-14(3,4)7-6-8-17(11)13/h11,15H,5-9H2,1-4H3. The molecule has 100 valence electrons. The predicted molar refractivity (Wildman–Crippen MR) is 75.3 cm³/mol. The zero-order valence-electron chi connectivity index (χ0n) is 12.0. The van der Waals surface area contributed by atoms with Gasteiger partial charge in [0.15, 0.2) is 5.82 Å². The molecule has 0 radical (unpaired) electrons. The highest BCUT2D eigenvalue weighted by atomic mass is 15.4. The molecule has 3 heterocycles. The summed E-state index contributed by atoms with van der Waals surface area (Å²) < 4.78 is 2.16. The lowest BCUT2D eigenvalue weighted by atomic mass is 9.75. The van der Waals surface area contributed by atoms with Crippen molar-refractivity contribution in [1.29, 1.82) is 0 Å². The molecule has 2 aliphatic rings. The van der Waals surface area contributed by atoms with Gasteiger partial charge < -0.3 is 10.2 Å². The van der Waals surface area contributed by atoms with E-state index in [0.717, 1.165) is 18.8 Å². The summed E-state index contributed by atoms with van der Waals surface area (Å²) in [7, 11) is 0. The molecule has 1 N–H and O–H groups in total. The van der Waals surface area contributed by atoms with Crippen LogP contribution in [-0.4, -0.2) is 28.9 Å². The smallest absolute Gasteiger partial charge is 0.151 e. The van der Waals surface area contributed by atoms with Crippen molar-refractivity contribution in [2.45, 2.75) is 53.1 Å². The van der Waals surface area contributed by atoms with E-state index < -0.39 is 0 Å². The van der Waals surface area contributed by atoms with Crippen LogP contribution >= 0.6 is 0 Å². The van der Waals surface area contributed by atoms with Gasteiger partial charge in [-0.3, -0.25) is 0 Å². The van der Waals surface area contributed by atoms with E-state index in [4.69, 9.17) is 0 Å². The summed E-state index contributed by atoms with van der Waals surface area (Å²) >= 11 is 0. The van der Waals surface area contributed by atoms with E-state index in [-0.39, 0.29) is 0 Å². The third-order valence-electron chi connectivity index (χ3n) is 4.64. The van der Waals surface area contributed by atoms with Crippen LogP contribution in [0.5, 0.6) is 0 Å². The first-order chi connectivity index (χ1) is 8.54. The van der Waals surface area contributed by atoms with Gasteiger partial charge in [-0.15, -0.1) is 0 Å². The van der Waals surface area contributed by atoms with Crippen molar-refractivity contribution < 1.29 is 0 Å². The highest BCUT2D eigenvalue weighted by molar-refractivity contribution is 5.72. The third kappa shape index (κ3) is 1.54. The molecule has 1 saturated heterocycles. The van der Waals surface area contributed by atoms with Gasteiger partial charge in [0, 0.05) is 19.6 Å². The first kappa shape index (κ1) is 11.9. The fourth-order valence-electron chi connectivity index (χ4n) is 3.58. The number of fused-ring (bicyclic) bond motifs is 3. The van der Waals surface area contributed by atoms with E-state index in [9.17, 15) is 0 Å². The molecular formula is C14H24N4. The van der Waals surface area contributed by atoms with Crippen LogP contribution in [0.25, 0.3) is 0 Å². The van der Waals surface area contributed by atoms with Crippen molar-refractivity contribution in [3.05, 3.63) is 5.69 Å². The molecule has 3 rings (SSSR count). The second kappa shape index (κ2) is 3.90. The number of hydrogen-bond acceptors (Lipinski definition) is 3. The van der Waals surface area contributed by atoms with Gasteiger partial charge in [-0.25, -0.2) is 4.68 Å². The molecule has 1 unspecified atom stereocenters. The Morgan fingerprint density at radius 2 is 2.22 bits per heavy atom. The fraction of sp³-hybridized carbons (Fsp3) is 0.786. The lowest BCUT2D eigenvalue weighted by Gasteiger charge is -2.50. The second-order valence-corrected chi connectivity index (χ2v) is 6.28. The first-order valence-electron chi connectivity index (χ1n) is 7.12. The Labute approximate surface area is 109 Å². The lowest BCUT2D eigenvalue weighted by Crippen LogP contribution is -2.56. The number of nitrogens with zero attached hydrogens (tertiary/aromatic N) is 3. The summed E-state index contributed by atoms with van der Waals surface area (Å²) in [5.41, 5.74) is 2.78. The van der Waals surface area contributed by atoms with Crippen LogP contribution in [0.15, 0.2) is 0 Å². The van der Waals surface area contributed by atoms with Crippen molar-refractivity contribution in [2.24, 2.45) is 5.41 Å². The Kier molecular flexibility index (Phi) is 2.57. The minimum Gasteiger partial charge on any atom is -0.378 e. The van der Waals surface area contributed by atoms with Crippen LogP contribution in [0.4, 0.5) is 11.5 Å². The molecule has 1 aromatic rings. The monoisotopic (exact) mass is 248 g/mol. The highest BCUT2D eigenvalue weighted by Gasteiger charge is 2.42. The van der Waals surface area contributed by atoms with Crippen LogP contribution in [0.3, 0.4) is 0 Å². The van der Waals surface area contributed by atoms with Gasteiger partial charge in [0.1, 0.15) is 5.69 Å². The van der Waals surface area contributed by atoms with Gasteiger partial charge in [0.05, 0.1) is 11.7 Å². The van der Waals surface area contributed by atoms with Crippen molar-refractivity contribution in [1.82, 2.24) is 9.78 Å². The van der Waals surface area contributed by atoms with Gasteiger partial charge in [-0.1, -0.05) is 13.8 Å². The van der Waals surface area contributed by atoms with Crippen molar-refractivity contribution >= 4 is 11.5 Å². The molecule has 0 amide bonds. The topological polar surface area (TPSA) is 33.1 Å². The largest absolute Gasteiger partial charge is 0.378 e. The Hall–Kier alpha value is -1.19. The van der Waals surface area contributed by atoms with E-state index in [1.807, 2.05) is 0 Å². The van der Waals surface area contributed by atoms with Gasteiger partial charge in [-0.2, -0.15) is 5.10 Å². The third-order valence-corrected chi connectivity index (χ3v) is 4.64. The van der Waals surface area contributed by atoms with Gasteiger partial charge in [0.2, 0.25) is 0 Å². The maximum absolute atomic E-state index is 4.66. The maximum Gasteiger partial charge on any atom is 0.151 e. The summed E-state index contributed by atoms with van der Waals surface area (Å²) in [4.78, 5) is 2.60. The van der Waals surface area contributed by atoms with E-state index in [0.29, 0.717) is 11.5 Å². The van der Waals surface area contributed by atoms with Crippen LogP contribution in [-0.2, 0) is 6.54 Å². The minimum atomic E-state index is 0.389. The molecular weight excluding hydrogens is 224 g/mol. The van der Waals surface area contributed by atoms with E-state index >= 15 is 0 Å². The molecule has 1 fully saturated rings. The molecule has 4 heteroatoms. The minimum absolute atomic E-state index is 0.389. The molecule has 4 nitrogen and oxygen atoms in total. The average Bonchev–Trinajstić information content (AvgIpc) is 2.66. The molecule has 1 atom stereocenters. The maximum atomic E-state index is 4.66. The Morgan fingerprint density at radius 3 is 2.94 bits per heavy atom. The van der Waals surface area contributed by atoms with E-state index in [1.54, 1.807) is 0 Å². The van der Waals surface area contributed by atoms with Crippen molar-refractivity contribution in [2.75, 3.05) is 23.3 Å². The van der Waals surface area contributed by atoms with Gasteiger partial charge in [-0.05, 0) is 32.1 Å². The molecule has 18 heavy (non-hydrogen) atoms. The molecule has 2 aliphatic heterocycles. The zero-order chi connectivity index (χ0) is 12.9. The van der Waals surface area contributed by atoms with Crippen LogP contribution in [0.1, 0.15) is 39.3 Å². The Balaban J connectivity index is 2.07. The van der Waals surface area contributed by atoms with Gasteiger partial charge >= 0.3 is 0 Å². The number of hydrogen-bond donors (Lipinski definition) is 1. The number of aryl methyl sites for hydroxylation is 2. The number of anilines is 2. The Morgan fingerprint density at radius 1 is 1.44 bits per heavy atom. The van der Waals surface area contributed by atoms with Crippen molar-refractivity contribution in [3.8, 4) is 0 Å². The van der Waals surface area contributed by atoms with E-state index in [1.165, 1.54) is 30.9 Å². The summed E-state index contributed by atoms with van der Waals surface area (Å²) in [5, 5.41) is 8.28. The summed E-state index contributed by atoms with van der Waals surface area (Å²) in [5.74, 6) is 1.32. The average molecular weight is 248 g/mol. The number of aromatic nitrogens is 2. The number of nitrogens with one attached hydrogen (secondary N) is 1. The second-order valence-electron chi connectivity index (χ2n) is 6.28. The zero-order valence-corrected chi connectivity index (χ0v) is 12.0. The molecule has 1 aromatic heterocycles. The van der Waals surface area contributed by atoms with Crippen molar-refractivity contribution in [3.63, 3.8) is 0 Å². The van der Waals surface area contributed by atoms with Crippen LogP contribution in [0.2, 0.25) is 0 Å². The quantitative estimate of drug-likeness (QED) is 0.829. The molecule has 0 aliphatic carbocycles. The van der Waals surface area contributed by atoms with E-state index in [2.05, 4.69) is 47.7 Å². The predicted octanol–water partition coefficient (Wildman–Crippen LogP) is 2.63.